The zero-order valence-electron chi connectivity index (χ0n) is 10.6. The molecule has 18 heavy (non-hydrogen) atoms. The van der Waals surface area contributed by atoms with Crippen LogP contribution in [0.1, 0.15) is 11.1 Å². The van der Waals surface area contributed by atoms with E-state index < -0.39 is 0 Å². The summed E-state index contributed by atoms with van der Waals surface area (Å²) in [5.41, 5.74) is 2.70. The van der Waals surface area contributed by atoms with E-state index in [1.165, 1.54) is 63.3 Å². The molecule has 2 aromatic carbocycles. The Kier molecular flexibility index (Phi) is 13.3. The Morgan fingerprint density at radius 3 is 0.944 bits per heavy atom. The zero-order chi connectivity index (χ0) is 12.0. The van der Waals surface area contributed by atoms with Crippen LogP contribution in [0.3, 0.4) is 0 Å². The van der Waals surface area contributed by atoms with E-state index in [0.717, 1.165) is 0 Å². The number of hydrogen-bond donors (Lipinski definition) is 0. The molecule has 0 aliphatic heterocycles. The minimum absolute atomic E-state index is 0. The number of aryl methyl sites for hydroxylation is 2. The molecular weight excluding hydrogens is 476 g/mol. The summed E-state index contributed by atoms with van der Waals surface area (Å²) in [6.07, 6.45) is 0. The van der Waals surface area contributed by atoms with Crippen LogP contribution in [0.15, 0.2) is 48.5 Å². The van der Waals surface area contributed by atoms with Gasteiger partial charge in [0.15, 0.2) is 0 Å². The van der Waals surface area contributed by atoms with Crippen molar-refractivity contribution >= 4 is 77.0 Å². The summed E-state index contributed by atoms with van der Waals surface area (Å²) in [4.78, 5) is 0. The third-order valence-corrected chi connectivity index (χ3v) is 4.35. The van der Waals surface area contributed by atoms with E-state index in [-0.39, 0.29) is 24.8 Å². The molecule has 0 fully saturated rings. The van der Waals surface area contributed by atoms with Gasteiger partial charge in [0.2, 0.25) is 0 Å². The monoisotopic (exact) mass is 496 g/mol. The van der Waals surface area contributed by atoms with Gasteiger partial charge in [0, 0.05) is 0 Å². The van der Waals surface area contributed by atoms with E-state index in [9.17, 15) is 0 Å². The first kappa shape index (κ1) is 20.9. The van der Waals surface area contributed by atoms with Gasteiger partial charge in [0.1, 0.15) is 0 Å². The van der Waals surface area contributed by atoms with Crippen LogP contribution in [0.4, 0.5) is 0 Å². The van der Waals surface area contributed by atoms with Crippen molar-refractivity contribution in [2.75, 3.05) is 0 Å². The maximum atomic E-state index is 2.18. The Morgan fingerprint density at radius 2 is 0.778 bits per heavy atom. The Bertz CT molecular complexity index is 339. The van der Waals surface area contributed by atoms with Crippen LogP contribution in [0.5, 0.6) is 0 Å². The molecule has 96 valence electrons. The van der Waals surface area contributed by atoms with Crippen molar-refractivity contribution in [3.05, 3.63) is 59.7 Å². The number of benzene rings is 2. The molecule has 0 aromatic heterocycles. The van der Waals surface area contributed by atoms with Gasteiger partial charge in [-0.3, -0.25) is 0 Å². The van der Waals surface area contributed by atoms with Crippen LogP contribution in [0.2, 0.25) is 0 Å². The molecular formula is C14H18Cl2Sn2. The molecule has 0 unspecified atom stereocenters. The SMILES string of the molecule is Cc1cc[c]([SnH])cc1.Cc1cc[c]([SnH])cc1.Cl.Cl. The van der Waals surface area contributed by atoms with Gasteiger partial charge < -0.3 is 0 Å². The molecule has 0 aliphatic rings. The topological polar surface area (TPSA) is 0 Å². The summed E-state index contributed by atoms with van der Waals surface area (Å²) in [5, 5.41) is 0. The number of halogens is 2. The Hall–Kier alpha value is 0.617. The van der Waals surface area contributed by atoms with Gasteiger partial charge in [0.05, 0.1) is 0 Å². The second kappa shape index (κ2) is 11.4. The second-order valence-electron chi connectivity index (χ2n) is 3.82. The quantitative estimate of drug-likeness (QED) is 0.491. The van der Waals surface area contributed by atoms with Crippen LogP contribution in [0.25, 0.3) is 0 Å². The minimum Gasteiger partial charge on any atom is -0.147 e. The Morgan fingerprint density at radius 1 is 0.556 bits per heavy atom. The Labute approximate surface area is 149 Å². The van der Waals surface area contributed by atoms with Gasteiger partial charge in [-0.05, 0) is 0 Å². The van der Waals surface area contributed by atoms with Gasteiger partial charge in [-0.1, -0.05) is 0 Å². The third kappa shape index (κ3) is 9.53. The molecule has 4 radical (unpaired) electrons. The van der Waals surface area contributed by atoms with Gasteiger partial charge in [0.25, 0.3) is 0 Å². The molecule has 4 heteroatoms. The smallest absolute Gasteiger partial charge is 0.147 e. The third-order valence-electron chi connectivity index (χ3n) is 2.15. The van der Waals surface area contributed by atoms with Crippen LogP contribution < -0.4 is 7.16 Å². The average molecular weight is 495 g/mol. The molecule has 0 atom stereocenters. The van der Waals surface area contributed by atoms with Gasteiger partial charge >= 0.3 is 126 Å². The van der Waals surface area contributed by atoms with Crippen molar-refractivity contribution < 1.29 is 0 Å². The molecule has 0 nitrogen and oxygen atoms in total. The molecule has 2 rings (SSSR count). The Balaban J connectivity index is 0. The average Bonchev–Trinajstić information content (AvgIpc) is 2.28. The molecule has 0 N–H and O–H groups in total. The molecule has 0 saturated heterocycles. The molecule has 0 aliphatic carbocycles. The van der Waals surface area contributed by atoms with Gasteiger partial charge in [-0.25, -0.2) is 0 Å². The van der Waals surface area contributed by atoms with Crippen molar-refractivity contribution in [1.82, 2.24) is 0 Å². The predicted octanol–water partition coefficient (Wildman–Crippen LogP) is 1.89. The van der Waals surface area contributed by atoms with Crippen molar-refractivity contribution in [2.24, 2.45) is 0 Å². The summed E-state index contributed by atoms with van der Waals surface area (Å²) < 4.78 is 2.92. The van der Waals surface area contributed by atoms with E-state index in [4.69, 9.17) is 0 Å². The normalized spacial score (nSPS) is 8.22. The fraction of sp³-hybridized carbons (Fsp3) is 0.143. The fourth-order valence-corrected chi connectivity index (χ4v) is 2.23. The molecule has 0 bridgehead atoms. The molecule has 0 spiro atoms. The summed E-state index contributed by atoms with van der Waals surface area (Å²) in [6, 6.07) is 17.3. The summed E-state index contributed by atoms with van der Waals surface area (Å²) in [5.74, 6) is 0. The van der Waals surface area contributed by atoms with E-state index in [0.29, 0.717) is 0 Å². The van der Waals surface area contributed by atoms with E-state index in [1.54, 1.807) is 0 Å². The van der Waals surface area contributed by atoms with Crippen LogP contribution in [0, 0.1) is 13.8 Å². The molecule has 0 heterocycles. The van der Waals surface area contributed by atoms with Crippen LogP contribution >= 0.6 is 24.8 Å². The van der Waals surface area contributed by atoms with Gasteiger partial charge in [-0.2, -0.15) is 0 Å². The largest absolute Gasteiger partial charge is 0.147 e. The summed E-state index contributed by atoms with van der Waals surface area (Å²) >= 11 is 2.46. The van der Waals surface area contributed by atoms with Crippen molar-refractivity contribution in [2.45, 2.75) is 13.8 Å². The molecule has 0 saturated carbocycles. The van der Waals surface area contributed by atoms with E-state index in [1.807, 2.05) is 0 Å². The maximum Gasteiger partial charge on any atom is -0.147 e. The van der Waals surface area contributed by atoms with E-state index in [2.05, 4.69) is 62.4 Å². The molecule has 0 amide bonds. The van der Waals surface area contributed by atoms with Crippen LogP contribution in [-0.2, 0) is 0 Å². The first-order valence-electron chi connectivity index (χ1n) is 5.22. The minimum atomic E-state index is 0. The number of rotatable bonds is 0. The zero-order valence-corrected chi connectivity index (χ0v) is 18.8. The summed E-state index contributed by atoms with van der Waals surface area (Å²) in [7, 11) is 0. The van der Waals surface area contributed by atoms with E-state index >= 15 is 0 Å². The standard InChI is InChI=1S/2C7H7.2ClH.2Sn.2H/c2*1-7-5-3-2-4-6-7;;;;;;/h2*3-6H,1H3;2*1H;;;;. The van der Waals surface area contributed by atoms with Gasteiger partial charge in [-0.15, -0.1) is 24.8 Å². The first-order valence-corrected chi connectivity index (χ1v) is 8.52. The molecule has 2 aromatic rings. The van der Waals surface area contributed by atoms with Crippen molar-refractivity contribution in [3.63, 3.8) is 0 Å². The maximum absolute atomic E-state index is 2.18. The first-order chi connectivity index (χ1) is 7.58. The van der Waals surface area contributed by atoms with Crippen molar-refractivity contribution in [3.8, 4) is 0 Å². The van der Waals surface area contributed by atoms with Crippen LogP contribution in [-0.4, -0.2) is 45.0 Å². The second-order valence-corrected chi connectivity index (χ2v) is 7.63. The summed E-state index contributed by atoms with van der Waals surface area (Å²) in [6.45, 7) is 4.22. The van der Waals surface area contributed by atoms with Crippen molar-refractivity contribution in [1.29, 1.82) is 0 Å². The predicted molar refractivity (Wildman–Crippen MR) is 90.4 cm³/mol. The fourth-order valence-electron chi connectivity index (χ4n) is 1.13. The number of hydrogen-bond acceptors (Lipinski definition) is 0.